The molecule has 0 spiro atoms. The first-order valence-corrected chi connectivity index (χ1v) is 7.66. The van der Waals surface area contributed by atoms with Crippen molar-refractivity contribution in [2.24, 2.45) is 10.8 Å². The number of carbonyl (C=O) groups is 2. The van der Waals surface area contributed by atoms with Crippen LogP contribution in [-0.4, -0.2) is 19.0 Å². The highest BCUT2D eigenvalue weighted by Crippen LogP contribution is 2.62. The largest absolute Gasteiger partial charge is 0.465 e. The second kappa shape index (κ2) is 5.27. The van der Waals surface area contributed by atoms with Gasteiger partial charge in [-0.05, 0) is 55.7 Å². The zero-order valence-corrected chi connectivity index (χ0v) is 12.9. The van der Waals surface area contributed by atoms with Crippen LogP contribution < -0.4 is 5.32 Å². The van der Waals surface area contributed by atoms with Gasteiger partial charge in [-0.2, -0.15) is 0 Å². The molecule has 3 rings (SSSR count). The molecule has 116 valence electrons. The Morgan fingerprint density at radius 1 is 1.27 bits per heavy atom. The zero-order chi connectivity index (χ0) is 15.8. The molecule has 1 aromatic rings. The van der Waals surface area contributed by atoms with Gasteiger partial charge in [0.1, 0.15) is 0 Å². The van der Waals surface area contributed by atoms with Crippen LogP contribution in [0, 0.1) is 10.8 Å². The third-order valence-corrected chi connectivity index (χ3v) is 5.35. The van der Waals surface area contributed by atoms with Crippen molar-refractivity contribution in [3.05, 3.63) is 42.5 Å². The van der Waals surface area contributed by atoms with Crippen LogP contribution in [0.3, 0.4) is 0 Å². The molecule has 1 amide bonds. The lowest BCUT2D eigenvalue weighted by atomic mass is 9.81. The minimum atomic E-state index is -0.401. The summed E-state index contributed by atoms with van der Waals surface area (Å²) in [6.07, 6.45) is 6.86. The summed E-state index contributed by atoms with van der Waals surface area (Å²) >= 11 is 0. The van der Waals surface area contributed by atoms with Crippen molar-refractivity contribution >= 4 is 17.6 Å². The Hall–Kier alpha value is -2.10. The molecule has 0 atom stereocenters. The van der Waals surface area contributed by atoms with Gasteiger partial charge in [0, 0.05) is 5.69 Å². The summed E-state index contributed by atoms with van der Waals surface area (Å²) in [6, 6.07) is 6.88. The minimum Gasteiger partial charge on any atom is -0.465 e. The highest BCUT2D eigenvalue weighted by molar-refractivity contribution is 5.97. The molecule has 4 nitrogen and oxygen atoms in total. The molecular weight excluding hydrogens is 278 g/mol. The number of nitrogens with one attached hydrogen (secondary N) is 1. The van der Waals surface area contributed by atoms with E-state index in [2.05, 4.69) is 11.9 Å². The van der Waals surface area contributed by atoms with Crippen LogP contribution in [0.1, 0.15) is 42.5 Å². The lowest BCUT2D eigenvalue weighted by Gasteiger charge is -2.25. The summed E-state index contributed by atoms with van der Waals surface area (Å²) < 4.78 is 4.71. The number of benzene rings is 1. The molecule has 2 bridgehead atoms. The van der Waals surface area contributed by atoms with Crippen molar-refractivity contribution in [1.82, 2.24) is 0 Å². The standard InChI is InChI=1S/C18H21NO3/c1-3-17-7-9-18(12-17,10-8-17)16(21)19-14-6-4-5-13(11-14)15(20)22-2/h3-6,11H,1,7-10,12H2,2H3,(H,19,21). The van der Waals surface area contributed by atoms with Crippen LogP contribution in [0.15, 0.2) is 36.9 Å². The molecule has 1 aromatic carbocycles. The molecule has 0 heterocycles. The number of hydrogen-bond acceptors (Lipinski definition) is 3. The molecule has 2 saturated carbocycles. The molecule has 0 aliphatic heterocycles. The van der Waals surface area contributed by atoms with Gasteiger partial charge in [-0.1, -0.05) is 12.1 Å². The molecule has 0 unspecified atom stereocenters. The number of rotatable bonds is 4. The van der Waals surface area contributed by atoms with Crippen LogP contribution in [0.5, 0.6) is 0 Å². The fourth-order valence-electron chi connectivity index (χ4n) is 3.94. The zero-order valence-electron chi connectivity index (χ0n) is 12.9. The van der Waals surface area contributed by atoms with E-state index in [9.17, 15) is 9.59 Å². The van der Waals surface area contributed by atoms with Gasteiger partial charge in [0.2, 0.25) is 5.91 Å². The van der Waals surface area contributed by atoms with E-state index in [4.69, 9.17) is 4.74 Å². The predicted molar refractivity (Wildman–Crippen MR) is 84.6 cm³/mol. The molecular formula is C18H21NO3. The second-order valence-electron chi connectivity index (χ2n) is 6.55. The lowest BCUT2D eigenvalue weighted by Crippen LogP contribution is -2.32. The first kappa shape index (κ1) is 14.8. The molecule has 0 saturated heterocycles. The number of allylic oxidation sites excluding steroid dienone is 1. The third kappa shape index (κ3) is 2.32. The average Bonchev–Trinajstić information content (AvgIpc) is 3.12. The number of anilines is 1. The lowest BCUT2D eigenvalue weighted by molar-refractivity contribution is -0.125. The Labute approximate surface area is 130 Å². The van der Waals surface area contributed by atoms with E-state index in [0.29, 0.717) is 11.3 Å². The first-order valence-electron chi connectivity index (χ1n) is 7.66. The Morgan fingerprint density at radius 2 is 2.00 bits per heavy atom. The van der Waals surface area contributed by atoms with Crippen LogP contribution in [0.25, 0.3) is 0 Å². The molecule has 0 radical (unpaired) electrons. The summed E-state index contributed by atoms with van der Waals surface area (Å²) in [6.45, 7) is 3.94. The number of carbonyl (C=O) groups excluding carboxylic acids is 2. The van der Waals surface area contributed by atoms with E-state index in [-0.39, 0.29) is 16.7 Å². The van der Waals surface area contributed by atoms with Crippen molar-refractivity contribution in [2.75, 3.05) is 12.4 Å². The molecule has 2 aliphatic rings. The number of ether oxygens (including phenoxy) is 1. The van der Waals surface area contributed by atoms with Gasteiger partial charge < -0.3 is 10.1 Å². The fourth-order valence-corrected chi connectivity index (χ4v) is 3.94. The molecule has 1 N–H and O–H groups in total. The van der Waals surface area contributed by atoms with Gasteiger partial charge in [-0.3, -0.25) is 4.79 Å². The van der Waals surface area contributed by atoms with Gasteiger partial charge in [0.15, 0.2) is 0 Å². The van der Waals surface area contributed by atoms with E-state index < -0.39 is 5.97 Å². The van der Waals surface area contributed by atoms with E-state index in [1.54, 1.807) is 24.3 Å². The van der Waals surface area contributed by atoms with Gasteiger partial charge in [0.25, 0.3) is 0 Å². The Bertz CT molecular complexity index is 627. The average molecular weight is 299 g/mol. The number of amides is 1. The van der Waals surface area contributed by atoms with E-state index in [1.165, 1.54) is 7.11 Å². The van der Waals surface area contributed by atoms with Gasteiger partial charge >= 0.3 is 5.97 Å². The second-order valence-corrected chi connectivity index (χ2v) is 6.55. The van der Waals surface area contributed by atoms with Crippen LogP contribution in [0.4, 0.5) is 5.69 Å². The van der Waals surface area contributed by atoms with Crippen molar-refractivity contribution in [3.8, 4) is 0 Å². The fraction of sp³-hybridized carbons (Fsp3) is 0.444. The van der Waals surface area contributed by atoms with E-state index >= 15 is 0 Å². The van der Waals surface area contributed by atoms with Gasteiger partial charge in [-0.15, -0.1) is 6.58 Å². The minimum absolute atomic E-state index is 0.0655. The van der Waals surface area contributed by atoms with E-state index in [1.807, 2.05) is 6.08 Å². The van der Waals surface area contributed by atoms with Crippen LogP contribution >= 0.6 is 0 Å². The quantitative estimate of drug-likeness (QED) is 0.683. The summed E-state index contributed by atoms with van der Waals surface area (Å²) in [5.41, 5.74) is 0.974. The summed E-state index contributed by atoms with van der Waals surface area (Å²) in [5.74, 6) is -0.336. The maximum absolute atomic E-state index is 12.7. The number of fused-ring (bicyclic) bond motifs is 2. The van der Waals surface area contributed by atoms with Crippen molar-refractivity contribution in [1.29, 1.82) is 0 Å². The predicted octanol–water partition coefficient (Wildman–Crippen LogP) is 3.55. The van der Waals surface area contributed by atoms with Crippen molar-refractivity contribution < 1.29 is 14.3 Å². The van der Waals surface area contributed by atoms with Crippen LogP contribution in [-0.2, 0) is 9.53 Å². The topological polar surface area (TPSA) is 55.4 Å². The van der Waals surface area contributed by atoms with E-state index in [0.717, 1.165) is 32.1 Å². The summed E-state index contributed by atoms with van der Waals surface area (Å²) in [4.78, 5) is 24.3. The Kier molecular flexibility index (Phi) is 3.55. The molecule has 2 fully saturated rings. The molecule has 4 heteroatoms. The Balaban J connectivity index is 1.76. The van der Waals surface area contributed by atoms with Crippen LogP contribution in [0.2, 0.25) is 0 Å². The number of esters is 1. The van der Waals surface area contributed by atoms with Crippen molar-refractivity contribution in [3.63, 3.8) is 0 Å². The van der Waals surface area contributed by atoms with Crippen molar-refractivity contribution in [2.45, 2.75) is 32.1 Å². The highest BCUT2D eigenvalue weighted by atomic mass is 16.5. The normalized spacial score (nSPS) is 29.1. The maximum atomic E-state index is 12.7. The summed E-state index contributed by atoms with van der Waals surface area (Å²) in [7, 11) is 1.35. The number of hydrogen-bond donors (Lipinski definition) is 1. The molecule has 0 aromatic heterocycles. The molecule has 2 aliphatic carbocycles. The smallest absolute Gasteiger partial charge is 0.337 e. The van der Waals surface area contributed by atoms with Gasteiger partial charge in [-0.25, -0.2) is 4.79 Å². The summed E-state index contributed by atoms with van der Waals surface area (Å²) in [5, 5.41) is 2.98. The first-order chi connectivity index (χ1) is 10.5. The maximum Gasteiger partial charge on any atom is 0.337 e. The highest BCUT2D eigenvalue weighted by Gasteiger charge is 2.56. The molecule has 22 heavy (non-hydrogen) atoms. The van der Waals surface area contributed by atoms with Gasteiger partial charge in [0.05, 0.1) is 18.1 Å². The Morgan fingerprint density at radius 3 is 2.59 bits per heavy atom. The SMILES string of the molecule is C=CC12CCC(C(=O)Nc3cccc(C(=O)OC)c3)(CC1)C2. The monoisotopic (exact) mass is 299 g/mol. The number of methoxy groups -OCH3 is 1. The third-order valence-electron chi connectivity index (χ3n) is 5.35.